The molecule has 4 nitrogen and oxygen atoms in total. The average molecular weight is 322 g/mol. The Morgan fingerprint density at radius 3 is 2.58 bits per heavy atom. The highest BCUT2D eigenvalue weighted by Gasteiger charge is 2.11. The van der Waals surface area contributed by atoms with Crippen molar-refractivity contribution in [3.05, 3.63) is 40.1 Å². The monoisotopic (exact) mass is 321 g/mol. The normalized spacial score (nSPS) is 10.8. The van der Waals surface area contributed by atoms with Crippen LogP contribution in [-0.4, -0.2) is 9.97 Å². The largest absolute Gasteiger partial charge is 0.439 e. The predicted molar refractivity (Wildman–Crippen MR) is 79.5 cm³/mol. The van der Waals surface area contributed by atoms with Crippen molar-refractivity contribution in [3.63, 3.8) is 0 Å². The lowest BCUT2D eigenvalue weighted by atomic mass is 10.0. The fraction of sp³-hybridized carbons (Fsp3) is 0.286. The van der Waals surface area contributed by atoms with Gasteiger partial charge in [0.15, 0.2) is 0 Å². The molecule has 19 heavy (non-hydrogen) atoms. The number of aromatic nitrogens is 2. The van der Waals surface area contributed by atoms with Crippen LogP contribution in [0.1, 0.15) is 31.2 Å². The Morgan fingerprint density at radius 2 is 1.95 bits per heavy atom. The van der Waals surface area contributed by atoms with E-state index in [2.05, 4.69) is 45.8 Å². The highest BCUT2D eigenvalue weighted by atomic mass is 79.9. The number of nitrogens with two attached hydrogens (primary N) is 1. The molecule has 0 aliphatic heterocycles. The summed E-state index contributed by atoms with van der Waals surface area (Å²) in [6.45, 7) is 6.02. The van der Waals surface area contributed by atoms with Crippen molar-refractivity contribution in [1.29, 1.82) is 0 Å². The summed E-state index contributed by atoms with van der Waals surface area (Å²) in [6.07, 6.45) is 0. The molecule has 1 heterocycles. The average Bonchev–Trinajstić information content (AvgIpc) is 2.30. The molecule has 1 aromatic heterocycles. The molecule has 0 unspecified atom stereocenters. The van der Waals surface area contributed by atoms with Crippen molar-refractivity contribution in [2.24, 2.45) is 0 Å². The van der Waals surface area contributed by atoms with Gasteiger partial charge in [-0.3, -0.25) is 0 Å². The molecule has 2 rings (SSSR count). The first-order chi connectivity index (χ1) is 8.95. The van der Waals surface area contributed by atoms with Gasteiger partial charge >= 0.3 is 0 Å². The number of hydrogen-bond donors (Lipinski definition) is 1. The number of rotatable bonds is 3. The molecule has 0 saturated heterocycles. The van der Waals surface area contributed by atoms with Gasteiger partial charge in [0.25, 0.3) is 0 Å². The summed E-state index contributed by atoms with van der Waals surface area (Å²) in [5.41, 5.74) is 6.81. The quantitative estimate of drug-likeness (QED) is 0.926. The Labute approximate surface area is 121 Å². The molecule has 0 aliphatic rings. The van der Waals surface area contributed by atoms with E-state index in [9.17, 15) is 0 Å². The second kappa shape index (κ2) is 5.57. The van der Waals surface area contributed by atoms with E-state index in [0.29, 0.717) is 23.4 Å². The Kier molecular flexibility index (Phi) is 4.04. The van der Waals surface area contributed by atoms with Gasteiger partial charge < -0.3 is 10.5 Å². The minimum atomic E-state index is 0.354. The SMILES string of the molecule is Cc1nc(N)cc(Oc2ccc(Br)cc2C(C)C)n1. The van der Waals surface area contributed by atoms with Crippen LogP contribution >= 0.6 is 15.9 Å². The minimum absolute atomic E-state index is 0.354. The van der Waals surface area contributed by atoms with E-state index >= 15 is 0 Å². The van der Waals surface area contributed by atoms with Crippen LogP contribution in [0.15, 0.2) is 28.7 Å². The van der Waals surface area contributed by atoms with Gasteiger partial charge in [0.2, 0.25) is 5.88 Å². The summed E-state index contributed by atoms with van der Waals surface area (Å²) in [7, 11) is 0. The van der Waals surface area contributed by atoms with Crippen LogP contribution in [0.3, 0.4) is 0 Å². The number of ether oxygens (including phenoxy) is 1. The summed E-state index contributed by atoms with van der Waals surface area (Å²) in [6, 6.07) is 7.54. The molecule has 0 radical (unpaired) electrons. The number of halogens is 1. The van der Waals surface area contributed by atoms with Crippen molar-refractivity contribution in [2.45, 2.75) is 26.7 Å². The molecule has 0 aliphatic carbocycles. The van der Waals surface area contributed by atoms with Crippen LogP contribution in [0.2, 0.25) is 0 Å². The maximum Gasteiger partial charge on any atom is 0.224 e. The van der Waals surface area contributed by atoms with Crippen molar-refractivity contribution in [2.75, 3.05) is 5.73 Å². The molecule has 0 bridgehead atoms. The summed E-state index contributed by atoms with van der Waals surface area (Å²) in [5, 5.41) is 0. The summed E-state index contributed by atoms with van der Waals surface area (Å²) in [5.74, 6) is 2.61. The van der Waals surface area contributed by atoms with E-state index in [0.717, 1.165) is 15.8 Å². The van der Waals surface area contributed by atoms with Crippen LogP contribution < -0.4 is 10.5 Å². The van der Waals surface area contributed by atoms with E-state index in [1.54, 1.807) is 13.0 Å². The van der Waals surface area contributed by atoms with Crippen molar-refractivity contribution >= 4 is 21.7 Å². The molecular weight excluding hydrogens is 306 g/mol. The van der Waals surface area contributed by atoms with Crippen LogP contribution in [0.4, 0.5) is 5.82 Å². The summed E-state index contributed by atoms with van der Waals surface area (Å²) >= 11 is 3.47. The fourth-order valence-electron chi connectivity index (χ4n) is 1.79. The van der Waals surface area contributed by atoms with Gasteiger partial charge in [-0.1, -0.05) is 29.8 Å². The van der Waals surface area contributed by atoms with Gasteiger partial charge in [0.1, 0.15) is 17.4 Å². The Morgan fingerprint density at radius 1 is 1.21 bits per heavy atom. The van der Waals surface area contributed by atoms with E-state index in [-0.39, 0.29) is 0 Å². The second-order valence-electron chi connectivity index (χ2n) is 4.62. The van der Waals surface area contributed by atoms with Gasteiger partial charge in [-0.05, 0) is 36.6 Å². The van der Waals surface area contributed by atoms with Crippen LogP contribution in [0.5, 0.6) is 11.6 Å². The van der Waals surface area contributed by atoms with Crippen molar-refractivity contribution < 1.29 is 4.74 Å². The van der Waals surface area contributed by atoms with Crippen LogP contribution in [0, 0.1) is 6.92 Å². The minimum Gasteiger partial charge on any atom is -0.439 e. The highest BCUT2D eigenvalue weighted by molar-refractivity contribution is 9.10. The molecule has 2 aromatic rings. The summed E-state index contributed by atoms with van der Waals surface area (Å²) in [4.78, 5) is 8.25. The fourth-order valence-corrected chi connectivity index (χ4v) is 2.17. The molecule has 0 fully saturated rings. The lowest BCUT2D eigenvalue weighted by molar-refractivity contribution is 0.452. The van der Waals surface area contributed by atoms with E-state index in [4.69, 9.17) is 10.5 Å². The first-order valence-corrected chi connectivity index (χ1v) is 6.83. The zero-order chi connectivity index (χ0) is 14.0. The molecule has 100 valence electrons. The lowest BCUT2D eigenvalue weighted by Crippen LogP contribution is -2.00. The van der Waals surface area contributed by atoms with E-state index in [1.807, 2.05) is 12.1 Å². The van der Waals surface area contributed by atoms with E-state index in [1.165, 1.54) is 0 Å². The van der Waals surface area contributed by atoms with Crippen LogP contribution in [0.25, 0.3) is 0 Å². The first-order valence-electron chi connectivity index (χ1n) is 6.04. The standard InChI is InChI=1S/C14H16BrN3O/c1-8(2)11-6-10(15)4-5-12(11)19-14-7-13(16)17-9(3)18-14/h4-8H,1-3H3,(H2,16,17,18). The zero-order valence-corrected chi connectivity index (χ0v) is 12.7. The first kappa shape index (κ1) is 13.8. The molecule has 5 heteroatoms. The lowest BCUT2D eigenvalue weighted by Gasteiger charge is -2.14. The number of aryl methyl sites for hydroxylation is 1. The molecule has 2 N–H and O–H groups in total. The second-order valence-corrected chi connectivity index (χ2v) is 5.53. The molecule has 0 amide bonds. The number of nitrogens with zero attached hydrogens (tertiary/aromatic N) is 2. The Balaban J connectivity index is 2.37. The smallest absolute Gasteiger partial charge is 0.224 e. The van der Waals surface area contributed by atoms with Gasteiger partial charge in [-0.2, -0.15) is 4.98 Å². The molecule has 0 atom stereocenters. The van der Waals surface area contributed by atoms with Gasteiger partial charge in [-0.15, -0.1) is 0 Å². The molecule has 1 aromatic carbocycles. The number of anilines is 1. The molecule has 0 spiro atoms. The van der Waals surface area contributed by atoms with E-state index < -0.39 is 0 Å². The van der Waals surface area contributed by atoms with Gasteiger partial charge in [-0.25, -0.2) is 4.98 Å². The third kappa shape index (κ3) is 3.44. The van der Waals surface area contributed by atoms with Crippen molar-refractivity contribution in [1.82, 2.24) is 9.97 Å². The number of benzene rings is 1. The maximum absolute atomic E-state index is 5.84. The molecule has 0 saturated carbocycles. The van der Waals surface area contributed by atoms with Gasteiger partial charge in [0.05, 0.1) is 0 Å². The predicted octanol–water partition coefficient (Wildman–Crippen LogP) is 4.05. The zero-order valence-electron chi connectivity index (χ0n) is 11.1. The third-order valence-corrected chi connectivity index (χ3v) is 3.14. The van der Waals surface area contributed by atoms with Gasteiger partial charge in [0, 0.05) is 10.5 Å². The van der Waals surface area contributed by atoms with Crippen molar-refractivity contribution in [3.8, 4) is 11.6 Å². The third-order valence-electron chi connectivity index (χ3n) is 2.64. The summed E-state index contributed by atoms with van der Waals surface area (Å²) < 4.78 is 6.87. The number of nitrogen functional groups attached to an aromatic ring is 1. The Bertz CT molecular complexity index is 579. The molecular formula is C14H16BrN3O. The maximum atomic E-state index is 5.84. The number of hydrogen-bond acceptors (Lipinski definition) is 4. The topological polar surface area (TPSA) is 61.0 Å². The Hall–Kier alpha value is -1.62. The highest BCUT2D eigenvalue weighted by Crippen LogP contribution is 2.32. The van der Waals surface area contributed by atoms with Crippen LogP contribution in [-0.2, 0) is 0 Å².